The van der Waals surface area contributed by atoms with Crippen molar-refractivity contribution in [2.45, 2.75) is 90.5 Å². The monoisotopic (exact) mass is 824 g/mol. The molecule has 0 spiro atoms. The van der Waals surface area contributed by atoms with E-state index in [1.807, 2.05) is 75.6 Å². The fraction of sp³-hybridized carbons (Fsp3) is 0.360. The topological polar surface area (TPSA) is 105 Å². The van der Waals surface area contributed by atoms with Gasteiger partial charge in [0.15, 0.2) is 0 Å². The van der Waals surface area contributed by atoms with Crippen molar-refractivity contribution >= 4 is 23.4 Å². The van der Waals surface area contributed by atoms with Crippen LogP contribution in [0.15, 0.2) is 97.3 Å². The molecule has 60 heavy (non-hydrogen) atoms. The van der Waals surface area contributed by atoms with E-state index in [0.717, 1.165) is 85.4 Å². The lowest BCUT2D eigenvalue weighted by Crippen LogP contribution is -2.31. The van der Waals surface area contributed by atoms with Crippen molar-refractivity contribution in [3.63, 3.8) is 0 Å². The molecule has 2 aromatic carbocycles. The third-order valence-electron chi connectivity index (χ3n) is 12.8. The molecule has 6 aromatic rings. The zero-order chi connectivity index (χ0) is 41.8. The predicted octanol–water partition coefficient (Wildman–Crippen LogP) is 11.1. The van der Waals surface area contributed by atoms with E-state index < -0.39 is 0 Å². The van der Waals surface area contributed by atoms with Gasteiger partial charge < -0.3 is 20.2 Å². The van der Waals surface area contributed by atoms with Gasteiger partial charge in [0.25, 0.3) is 11.8 Å². The number of hydrogen-bond acceptors (Lipinski definition) is 4. The van der Waals surface area contributed by atoms with E-state index in [2.05, 4.69) is 49.4 Å². The van der Waals surface area contributed by atoms with Crippen LogP contribution in [0.2, 0.25) is 5.02 Å². The number of hydrogen-bond donors (Lipinski definition) is 3. The second kappa shape index (κ2) is 18.4. The molecule has 10 heteroatoms. The highest BCUT2D eigenvalue weighted by Gasteiger charge is 2.27. The molecular formula is C50H54ClFN6O2. The maximum absolute atomic E-state index is 14.7. The molecule has 8 rings (SSSR count). The number of aryl methyl sites for hydroxylation is 3. The number of carbonyl (C=O) groups is 2. The van der Waals surface area contributed by atoms with Gasteiger partial charge in [0, 0.05) is 58.7 Å². The lowest BCUT2D eigenvalue weighted by molar-refractivity contribution is 0.0935. The number of halogens is 2. The standard InChI is InChI=1S/C50H54ClFN6O2/c1-31-23-38(19-21-53-31)36-15-11-35(12-16-36)29-56-50(60)45-25-33(3)58(48(45)40-7-6-8-41(52)26-40)30-42-27-39(20-22-54-42)37-17-13-34(14-18-37)28-55-49(59)44-24-32(2)57-47(44)43-9-4-5-10-46(43)51/h4-10,19-27,34-37,57H,11-18,28-30H2,1-3H3,(H,55,59)(H,56,60). The minimum absolute atomic E-state index is 0.0940. The Balaban J connectivity index is 0.903. The van der Waals surface area contributed by atoms with Crippen LogP contribution < -0.4 is 10.6 Å². The van der Waals surface area contributed by atoms with Crippen LogP contribution in [0.5, 0.6) is 0 Å². The van der Waals surface area contributed by atoms with Gasteiger partial charge in [0.05, 0.1) is 34.8 Å². The summed E-state index contributed by atoms with van der Waals surface area (Å²) in [5.74, 6) is 1.15. The fourth-order valence-corrected chi connectivity index (χ4v) is 9.76. The van der Waals surface area contributed by atoms with Crippen molar-refractivity contribution < 1.29 is 14.0 Å². The number of H-pyrrole nitrogens is 1. The molecule has 0 aliphatic heterocycles. The number of rotatable bonds is 12. The van der Waals surface area contributed by atoms with Crippen LogP contribution in [-0.2, 0) is 6.54 Å². The Morgan fingerprint density at radius 2 is 1.37 bits per heavy atom. The molecule has 2 aliphatic rings. The first-order valence-electron chi connectivity index (χ1n) is 21.4. The summed E-state index contributed by atoms with van der Waals surface area (Å²) in [5, 5.41) is 7.06. The fourth-order valence-electron chi connectivity index (χ4n) is 9.53. The van der Waals surface area contributed by atoms with Crippen LogP contribution in [0.3, 0.4) is 0 Å². The number of aromatic amines is 1. The Morgan fingerprint density at radius 1 is 0.733 bits per heavy atom. The van der Waals surface area contributed by atoms with E-state index in [1.165, 1.54) is 23.3 Å². The second-order valence-electron chi connectivity index (χ2n) is 17.0. The predicted molar refractivity (Wildman–Crippen MR) is 237 cm³/mol. The minimum atomic E-state index is -0.345. The second-order valence-corrected chi connectivity index (χ2v) is 17.4. The summed E-state index contributed by atoms with van der Waals surface area (Å²) >= 11 is 6.48. The molecule has 2 aliphatic carbocycles. The molecule has 3 N–H and O–H groups in total. The molecule has 2 saturated carbocycles. The SMILES string of the molecule is Cc1cc(C2CCC(CNC(=O)c3cc(C)n(Cc4cc(C5CCC(CNC(=O)c6cc(C)[nH]c6-c6ccccc6Cl)CC5)ccn4)c3-c3cccc(F)c3)CC2)ccn1. The maximum Gasteiger partial charge on any atom is 0.253 e. The lowest BCUT2D eigenvalue weighted by atomic mass is 9.78. The van der Waals surface area contributed by atoms with Crippen molar-refractivity contribution in [1.82, 2.24) is 30.2 Å². The normalized spacial score (nSPS) is 19.2. The molecule has 4 heterocycles. The summed E-state index contributed by atoms with van der Waals surface area (Å²) < 4.78 is 16.8. The Labute approximate surface area is 357 Å². The molecule has 0 bridgehead atoms. The Bertz CT molecular complexity index is 2470. The van der Waals surface area contributed by atoms with Gasteiger partial charge in [-0.15, -0.1) is 0 Å². The molecule has 0 atom stereocenters. The Morgan fingerprint density at radius 3 is 2.02 bits per heavy atom. The number of nitrogens with zero attached hydrogens (tertiary/aromatic N) is 3. The van der Waals surface area contributed by atoms with Gasteiger partial charge in [-0.05, 0) is 162 Å². The van der Waals surface area contributed by atoms with Gasteiger partial charge in [-0.25, -0.2) is 4.39 Å². The van der Waals surface area contributed by atoms with Crippen LogP contribution in [0.25, 0.3) is 22.5 Å². The summed E-state index contributed by atoms with van der Waals surface area (Å²) in [4.78, 5) is 39.8. The number of benzene rings is 2. The highest BCUT2D eigenvalue weighted by molar-refractivity contribution is 6.33. The zero-order valence-electron chi connectivity index (χ0n) is 34.7. The summed E-state index contributed by atoms with van der Waals surface area (Å²) in [6.45, 7) is 7.67. The van der Waals surface area contributed by atoms with E-state index in [1.54, 1.807) is 6.07 Å². The Hall–Kier alpha value is -5.54. The Kier molecular flexibility index (Phi) is 12.6. The van der Waals surface area contributed by atoms with Gasteiger partial charge in [-0.2, -0.15) is 0 Å². The van der Waals surface area contributed by atoms with Crippen molar-refractivity contribution in [2.24, 2.45) is 11.8 Å². The third-order valence-corrected chi connectivity index (χ3v) is 13.1. The van der Waals surface area contributed by atoms with E-state index in [4.69, 9.17) is 16.6 Å². The van der Waals surface area contributed by atoms with Gasteiger partial charge >= 0.3 is 0 Å². The average Bonchev–Trinajstić information content (AvgIpc) is 3.81. The van der Waals surface area contributed by atoms with Crippen molar-refractivity contribution in [2.75, 3.05) is 13.1 Å². The van der Waals surface area contributed by atoms with Crippen LogP contribution >= 0.6 is 11.6 Å². The van der Waals surface area contributed by atoms with Crippen LogP contribution in [0.4, 0.5) is 4.39 Å². The summed E-state index contributed by atoms with van der Waals surface area (Å²) in [7, 11) is 0. The van der Waals surface area contributed by atoms with Gasteiger partial charge in [0.1, 0.15) is 5.82 Å². The number of pyridine rings is 2. The number of aromatic nitrogens is 4. The molecule has 2 amide bonds. The van der Waals surface area contributed by atoms with E-state index in [-0.39, 0.29) is 17.6 Å². The number of carbonyl (C=O) groups excluding carboxylic acids is 2. The molecule has 0 radical (unpaired) electrons. The lowest BCUT2D eigenvalue weighted by Gasteiger charge is -2.29. The van der Waals surface area contributed by atoms with Crippen molar-refractivity contribution in [3.05, 3.63) is 153 Å². The van der Waals surface area contributed by atoms with Crippen LogP contribution in [-0.4, -0.2) is 44.4 Å². The van der Waals surface area contributed by atoms with E-state index in [0.29, 0.717) is 70.7 Å². The largest absolute Gasteiger partial charge is 0.358 e. The van der Waals surface area contributed by atoms with Gasteiger partial charge in [-0.1, -0.05) is 41.9 Å². The van der Waals surface area contributed by atoms with Crippen LogP contribution in [0, 0.1) is 38.4 Å². The quantitative estimate of drug-likeness (QED) is 0.114. The summed E-state index contributed by atoms with van der Waals surface area (Å²) in [6.07, 6.45) is 12.2. The van der Waals surface area contributed by atoms with Gasteiger partial charge in [-0.3, -0.25) is 19.6 Å². The molecule has 2 fully saturated rings. The molecule has 0 saturated heterocycles. The van der Waals surface area contributed by atoms with Crippen molar-refractivity contribution in [3.8, 4) is 22.5 Å². The molecule has 8 nitrogen and oxygen atoms in total. The maximum atomic E-state index is 14.7. The van der Waals surface area contributed by atoms with E-state index >= 15 is 0 Å². The summed E-state index contributed by atoms with van der Waals surface area (Å²) in [5.41, 5.74) is 10.4. The van der Waals surface area contributed by atoms with Crippen LogP contribution in [0.1, 0.15) is 118 Å². The number of nitrogens with one attached hydrogen (secondary N) is 3. The number of amides is 2. The first kappa shape index (κ1) is 41.2. The highest BCUT2D eigenvalue weighted by Crippen LogP contribution is 2.38. The first-order chi connectivity index (χ1) is 29.1. The zero-order valence-corrected chi connectivity index (χ0v) is 35.5. The molecule has 310 valence electrons. The highest BCUT2D eigenvalue weighted by atomic mass is 35.5. The smallest absolute Gasteiger partial charge is 0.253 e. The third kappa shape index (κ3) is 9.42. The van der Waals surface area contributed by atoms with E-state index in [9.17, 15) is 14.0 Å². The minimum Gasteiger partial charge on any atom is -0.358 e. The van der Waals surface area contributed by atoms with Gasteiger partial charge in [0.2, 0.25) is 0 Å². The summed E-state index contributed by atoms with van der Waals surface area (Å²) in [6, 6.07) is 26.5. The first-order valence-corrected chi connectivity index (χ1v) is 21.8. The van der Waals surface area contributed by atoms with Crippen molar-refractivity contribution in [1.29, 1.82) is 0 Å². The molecular weight excluding hydrogens is 771 g/mol. The average molecular weight is 825 g/mol. The molecule has 4 aromatic heterocycles. The molecule has 0 unspecified atom stereocenters.